The molecule has 2 aromatic heterocycles. The summed E-state index contributed by atoms with van der Waals surface area (Å²) in [6, 6.07) is 8.81. The van der Waals surface area contributed by atoms with Crippen molar-refractivity contribution in [2.24, 2.45) is 0 Å². The first-order chi connectivity index (χ1) is 16.3. The third-order valence-electron chi connectivity index (χ3n) is 6.46. The first-order valence-electron chi connectivity index (χ1n) is 11.7. The highest BCUT2D eigenvalue weighted by molar-refractivity contribution is 6.01. The largest absolute Gasteiger partial charge is 0.380 e. The zero-order chi connectivity index (χ0) is 24.5. The van der Waals surface area contributed by atoms with Gasteiger partial charge < -0.3 is 19.5 Å². The topological polar surface area (TPSA) is 76.5 Å². The van der Waals surface area contributed by atoms with Gasteiger partial charge in [-0.25, -0.2) is 9.37 Å². The lowest BCUT2D eigenvalue weighted by Gasteiger charge is -2.40. The highest BCUT2D eigenvalue weighted by atomic mass is 19.1. The molecule has 3 aromatic rings. The van der Waals surface area contributed by atoms with Gasteiger partial charge in [-0.15, -0.1) is 0 Å². The van der Waals surface area contributed by atoms with Crippen molar-refractivity contribution >= 4 is 22.8 Å². The first-order valence-corrected chi connectivity index (χ1v) is 11.7. The van der Waals surface area contributed by atoms with Gasteiger partial charge in [-0.05, 0) is 56.5 Å². The van der Waals surface area contributed by atoms with Crippen LogP contribution in [0.15, 0.2) is 36.5 Å². The molecule has 1 aliphatic heterocycles. The molecule has 2 amide bonds. The lowest BCUT2D eigenvalue weighted by Crippen LogP contribution is -2.63. The van der Waals surface area contributed by atoms with Gasteiger partial charge in [0.1, 0.15) is 22.7 Å². The summed E-state index contributed by atoms with van der Waals surface area (Å²) in [5.74, 6) is -0.715. The number of amides is 2. The Kier molecular flexibility index (Phi) is 6.70. The molecule has 180 valence electrons. The summed E-state index contributed by atoms with van der Waals surface area (Å²) in [6.07, 6.45) is 2.56. The van der Waals surface area contributed by atoms with Gasteiger partial charge in [0.15, 0.2) is 0 Å². The lowest BCUT2D eigenvalue weighted by molar-refractivity contribution is -0.133. The van der Waals surface area contributed by atoms with E-state index in [0.717, 1.165) is 16.5 Å². The first kappa shape index (κ1) is 23.9. The molecule has 1 fully saturated rings. The van der Waals surface area contributed by atoms with Gasteiger partial charge in [-0.1, -0.05) is 19.1 Å². The number of hydrogen-bond donors (Lipinski definition) is 1. The monoisotopic (exact) mass is 466 g/mol. The molecular formula is C26H31FN4O3. The molecule has 0 saturated carbocycles. The van der Waals surface area contributed by atoms with Gasteiger partial charge in [0.05, 0.1) is 6.61 Å². The van der Waals surface area contributed by atoms with Crippen molar-refractivity contribution in [1.82, 2.24) is 19.8 Å². The van der Waals surface area contributed by atoms with E-state index < -0.39 is 5.54 Å². The molecule has 7 nitrogen and oxygen atoms in total. The Balaban J connectivity index is 1.77. The number of rotatable bonds is 7. The molecule has 0 radical (unpaired) electrons. The SMILES string of the molecule is CCOCCn1cc(-c2ccc(CC)c(F)c2)c2ccc(C(=O)N3CCNC(=O)C3(C)C)nc21. The average Bonchev–Trinajstić information content (AvgIpc) is 3.18. The molecule has 34 heavy (non-hydrogen) atoms. The Morgan fingerprint density at radius 1 is 1.24 bits per heavy atom. The molecule has 0 atom stereocenters. The van der Waals surface area contributed by atoms with Crippen LogP contribution in [0.1, 0.15) is 43.7 Å². The van der Waals surface area contributed by atoms with E-state index in [2.05, 4.69) is 5.32 Å². The fourth-order valence-corrected chi connectivity index (χ4v) is 4.39. The molecule has 0 spiro atoms. The van der Waals surface area contributed by atoms with E-state index in [4.69, 9.17) is 9.72 Å². The number of aromatic nitrogens is 2. The third kappa shape index (κ3) is 4.30. The van der Waals surface area contributed by atoms with Crippen molar-refractivity contribution in [3.05, 3.63) is 53.6 Å². The zero-order valence-electron chi connectivity index (χ0n) is 20.2. The molecule has 0 aliphatic carbocycles. The quantitative estimate of drug-likeness (QED) is 0.538. The average molecular weight is 467 g/mol. The van der Waals surface area contributed by atoms with Crippen LogP contribution >= 0.6 is 0 Å². The molecule has 4 rings (SSSR count). The highest BCUT2D eigenvalue weighted by Gasteiger charge is 2.41. The summed E-state index contributed by atoms with van der Waals surface area (Å²) in [5.41, 5.74) is 2.20. The minimum absolute atomic E-state index is 0.187. The molecule has 1 saturated heterocycles. The smallest absolute Gasteiger partial charge is 0.273 e. The normalized spacial score (nSPS) is 15.6. The van der Waals surface area contributed by atoms with E-state index in [1.807, 2.05) is 42.8 Å². The van der Waals surface area contributed by atoms with Crippen LogP contribution in [0.4, 0.5) is 4.39 Å². The van der Waals surface area contributed by atoms with E-state index in [-0.39, 0.29) is 23.3 Å². The lowest BCUT2D eigenvalue weighted by atomic mass is 9.98. The fraction of sp³-hybridized carbons (Fsp3) is 0.423. The minimum Gasteiger partial charge on any atom is -0.380 e. The van der Waals surface area contributed by atoms with Gasteiger partial charge in [-0.2, -0.15) is 0 Å². The summed E-state index contributed by atoms with van der Waals surface area (Å²) in [6.45, 7) is 9.77. The number of halogens is 1. The van der Waals surface area contributed by atoms with Crippen molar-refractivity contribution in [3.8, 4) is 11.1 Å². The molecule has 1 aliphatic rings. The maximum absolute atomic E-state index is 14.5. The van der Waals surface area contributed by atoms with E-state index in [9.17, 15) is 14.0 Å². The number of fused-ring (bicyclic) bond motifs is 1. The second kappa shape index (κ2) is 9.54. The van der Waals surface area contributed by atoms with E-state index >= 15 is 0 Å². The number of carbonyl (C=O) groups is 2. The van der Waals surface area contributed by atoms with Crippen LogP contribution in [0.2, 0.25) is 0 Å². The number of benzene rings is 1. The predicted octanol–water partition coefficient (Wildman–Crippen LogP) is 3.79. The Bertz CT molecular complexity index is 1230. The molecule has 8 heteroatoms. The van der Waals surface area contributed by atoms with Crippen LogP contribution in [0.25, 0.3) is 22.2 Å². The Hall–Kier alpha value is -3.26. The van der Waals surface area contributed by atoms with Gasteiger partial charge >= 0.3 is 0 Å². The van der Waals surface area contributed by atoms with Gasteiger partial charge in [0.2, 0.25) is 5.91 Å². The standard InChI is InChI=1S/C26H31FN4O3/c1-5-17-7-8-18(15-21(17)27)20-16-30(13-14-34-6-2)23-19(20)9-10-22(29-23)24(32)31-12-11-28-25(33)26(31,3)4/h7-10,15-16H,5-6,11-14H2,1-4H3,(H,28,33). The fourth-order valence-electron chi connectivity index (χ4n) is 4.39. The number of nitrogens with zero attached hydrogens (tertiary/aromatic N) is 3. The Morgan fingerprint density at radius 2 is 2.03 bits per heavy atom. The minimum atomic E-state index is -0.966. The highest BCUT2D eigenvalue weighted by Crippen LogP contribution is 2.32. The van der Waals surface area contributed by atoms with Crippen molar-refractivity contribution < 1.29 is 18.7 Å². The molecular weight excluding hydrogens is 435 g/mol. The number of carbonyl (C=O) groups excluding carboxylic acids is 2. The maximum Gasteiger partial charge on any atom is 0.273 e. The second-order valence-corrected chi connectivity index (χ2v) is 8.93. The van der Waals surface area contributed by atoms with Gasteiger partial charge in [0.25, 0.3) is 5.91 Å². The van der Waals surface area contributed by atoms with Crippen LogP contribution in [-0.2, 0) is 22.5 Å². The van der Waals surface area contributed by atoms with E-state index in [0.29, 0.717) is 50.5 Å². The number of pyridine rings is 1. The van der Waals surface area contributed by atoms with Crippen LogP contribution < -0.4 is 5.32 Å². The molecule has 0 unspecified atom stereocenters. The molecule has 3 heterocycles. The van der Waals surface area contributed by atoms with Crippen molar-refractivity contribution in [2.75, 3.05) is 26.3 Å². The van der Waals surface area contributed by atoms with E-state index in [1.54, 1.807) is 30.9 Å². The van der Waals surface area contributed by atoms with Crippen LogP contribution in [0.5, 0.6) is 0 Å². The van der Waals surface area contributed by atoms with Crippen LogP contribution in [-0.4, -0.2) is 58.1 Å². The molecule has 1 aromatic carbocycles. The third-order valence-corrected chi connectivity index (χ3v) is 6.46. The molecule has 0 bridgehead atoms. The zero-order valence-corrected chi connectivity index (χ0v) is 20.2. The molecule has 1 N–H and O–H groups in total. The van der Waals surface area contributed by atoms with Crippen LogP contribution in [0.3, 0.4) is 0 Å². The Labute approximate surface area is 198 Å². The number of piperazine rings is 1. The Morgan fingerprint density at radius 3 is 2.74 bits per heavy atom. The van der Waals surface area contributed by atoms with Crippen molar-refractivity contribution in [1.29, 1.82) is 0 Å². The van der Waals surface area contributed by atoms with Crippen LogP contribution in [0, 0.1) is 5.82 Å². The van der Waals surface area contributed by atoms with Crippen molar-refractivity contribution in [3.63, 3.8) is 0 Å². The number of aryl methyl sites for hydroxylation is 1. The predicted molar refractivity (Wildman–Crippen MR) is 129 cm³/mol. The van der Waals surface area contributed by atoms with E-state index in [1.165, 1.54) is 0 Å². The van der Waals surface area contributed by atoms with Gasteiger partial charge in [0, 0.05) is 43.4 Å². The van der Waals surface area contributed by atoms with Gasteiger partial charge in [-0.3, -0.25) is 9.59 Å². The number of ether oxygens (including phenoxy) is 1. The summed E-state index contributed by atoms with van der Waals surface area (Å²) < 4.78 is 22.0. The summed E-state index contributed by atoms with van der Waals surface area (Å²) in [5, 5.41) is 3.63. The maximum atomic E-state index is 14.5. The number of hydrogen-bond acceptors (Lipinski definition) is 4. The summed E-state index contributed by atoms with van der Waals surface area (Å²) in [7, 11) is 0. The number of nitrogens with one attached hydrogen (secondary N) is 1. The second-order valence-electron chi connectivity index (χ2n) is 8.93. The summed E-state index contributed by atoms with van der Waals surface area (Å²) in [4.78, 5) is 32.0. The summed E-state index contributed by atoms with van der Waals surface area (Å²) >= 11 is 0. The van der Waals surface area contributed by atoms with Crippen molar-refractivity contribution in [2.45, 2.75) is 46.2 Å².